The molecule has 2 aromatic rings. The van der Waals surface area contributed by atoms with Gasteiger partial charge in [-0.15, -0.1) is 0 Å². The number of nitrogens with one attached hydrogen (secondary N) is 1. The molecule has 0 radical (unpaired) electrons. The van der Waals surface area contributed by atoms with Gasteiger partial charge in [-0.25, -0.2) is 13.2 Å². The highest BCUT2D eigenvalue weighted by Gasteiger charge is 2.26. The van der Waals surface area contributed by atoms with Gasteiger partial charge in [-0.3, -0.25) is 4.79 Å². The molecule has 1 fully saturated rings. The van der Waals surface area contributed by atoms with E-state index in [1.165, 1.54) is 35.5 Å². The van der Waals surface area contributed by atoms with Crippen molar-refractivity contribution < 1.29 is 32.2 Å². The van der Waals surface area contributed by atoms with Crippen LogP contribution in [0, 0.1) is 6.92 Å². The van der Waals surface area contributed by atoms with Crippen molar-refractivity contribution in [1.82, 2.24) is 4.31 Å². The normalized spacial score (nSPS) is 15.5. The van der Waals surface area contributed by atoms with Crippen LogP contribution in [-0.4, -0.2) is 63.6 Å². The first-order chi connectivity index (χ1) is 15.7. The average Bonchev–Trinajstić information content (AvgIpc) is 2.80. The number of anilines is 1. The molecule has 0 bridgehead atoms. The summed E-state index contributed by atoms with van der Waals surface area (Å²) in [6.07, 6.45) is -0.928. The lowest BCUT2D eigenvalue weighted by Gasteiger charge is -2.26. The number of esters is 1. The van der Waals surface area contributed by atoms with Crippen LogP contribution < -0.4 is 10.1 Å². The molecule has 3 rings (SSSR count). The summed E-state index contributed by atoms with van der Waals surface area (Å²) in [5.41, 5.74) is 1.14. The number of hydrogen-bond donors (Lipinski definition) is 1. The van der Waals surface area contributed by atoms with Crippen molar-refractivity contribution in [3.05, 3.63) is 53.1 Å². The van der Waals surface area contributed by atoms with Crippen LogP contribution in [0.1, 0.15) is 12.5 Å². The van der Waals surface area contributed by atoms with E-state index in [4.69, 9.17) is 25.8 Å². The van der Waals surface area contributed by atoms with Gasteiger partial charge in [-0.05, 0) is 61.9 Å². The van der Waals surface area contributed by atoms with Crippen molar-refractivity contribution in [2.45, 2.75) is 24.8 Å². The summed E-state index contributed by atoms with van der Waals surface area (Å²) >= 11 is 5.91. The van der Waals surface area contributed by atoms with Crippen LogP contribution in [0.3, 0.4) is 0 Å². The second kappa shape index (κ2) is 11.0. The molecular weight excluding hydrogens is 472 g/mol. The second-order valence-corrected chi connectivity index (χ2v) is 9.74. The van der Waals surface area contributed by atoms with Crippen LogP contribution in [0.2, 0.25) is 5.02 Å². The van der Waals surface area contributed by atoms with Crippen molar-refractivity contribution in [3.63, 3.8) is 0 Å². The van der Waals surface area contributed by atoms with E-state index in [9.17, 15) is 18.0 Å². The predicted molar refractivity (Wildman–Crippen MR) is 122 cm³/mol. The molecule has 1 aliphatic heterocycles. The smallest absolute Gasteiger partial charge is 0.347 e. The van der Waals surface area contributed by atoms with Crippen LogP contribution >= 0.6 is 11.6 Å². The van der Waals surface area contributed by atoms with E-state index in [-0.39, 0.29) is 4.90 Å². The van der Waals surface area contributed by atoms with Gasteiger partial charge in [-0.2, -0.15) is 4.31 Å². The van der Waals surface area contributed by atoms with Crippen LogP contribution in [0.25, 0.3) is 0 Å². The van der Waals surface area contributed by atoms with Crippen LogP contribution in [0.5, 0.6) is 5.75 Å². The largest absolute Gasteiger partial charge is 0.479 e. The Bertz CT molecular complexity index is 1100. The number of benzene rings is 2. The van der Waals surface area contributed by atoms with Gasteiger partial charge in [0.25, 0.3) is 5.91 Å². The Kier molecular flexibility index (Phi) is 8.30. The lowest BCUT2D eigenvalue weighted by molar-refractivity contribution is -0.153. The van der Waals surface area contributed by atoms with Gasteiger partial charge in [0.05, 0.1) is 18.1 Å². The topological polar surface area (TPSA) is 111 Å². The Morgan fingerprint density at radius 1 is 1.15 bits per heavy atom. The number of carbonyl (C=O) groups is 2. The number of rotatable bonds is 8. The molecule has 0 saturated carbocycles. The van der Waals surface area contributed by atoms with Crippen molar-refractivity contribution in [3.8, 4) is 5.75 Å². The number of amides is 1. The van der Waals surface area contributed by atoms with E-state index in [0.717, 1.165) is 5.56 Å². The van der Waals surface area contributed by atoms with E-state index in [1.807, 2.05) is 0 Å². The summed E-state index contributed by atoms with van der Waals surface area (Å²) < 4.78 is 42.4. The number of halogens is 1. The van der Waals surface area contributed by atoms with E-state index in [2.05, 4.69) is 5.32 Å². The summed E-state index contributed by atoms with van der Waals surface area (Å²) in [6, 6.07) is 10.8. The number of ether oxygens (including phenoxy) is 3. The third-order valence-electron chi connectivity index (χ3n) is 4.86. The SMILES string of the molecule is Cc1cc(Cl)ccc1OC(C)C(=O)OCC(=O)Nc1ccc(S(=O)(=O)N2CCOCC2)cc1. The van der Waals surface area contributed by atoms with Crippen LogP contribution in [0.4, 0.5) is 5.69 Å². The molecule has 1 N–H and O–H groups in total. The monoisotopic (exact) mass is 496 g/mol. The van der Waals surface area contributed by atoms with Gasteiger partial charge >= 0.3 is 5.97 Å². The number of aryl methyl sites for hydroxylation is 1. The number of morpholine rings is 1. The zero-order chi connectivity index (χ0) is 24.0. The Balaban J connectivity index is 1.49. The minimum atomic E-state index is -3.62. The Morgan fingerprint density at radius 2 is 1.82 bits per heavy atom. The summed E-state index contributed by atoms with van der Waals surface area (Å²) in [7, 11) is -3.62. The highest BCUT2D eigenvalue weighted by Crippen LogP contribution is 2.23. The predicted octanol–water partition coefficient (Wildman–Crippen LogP) is 2.62. The van der Waals surface area contributed by atoms with Gasteiger partial charge < -0.3 is 19.5 Å². The Labute approximate surface area is 197 Å². The zero-order valence-corrected chi connectivity index (χ0v) is 19.8. The highest BCUT2D eigenvalue weighted by atomic mass is 35.5. The van der Waals surface area contributed by atoms with E-state index < -0.39 is 34.6 Å². The molecular formula is C22H25ClN2O7S. The lowest BCUT2D eigenvalue weighted by atomic mass is 10.2. The summed E-state index contributed by atoms with van der Waals surface area (Å²) in [5, 5.41) is 3.11. The zero-order valence-electron chi connectivity index (χ0n) is 18.2. The fourth-order valence-corrected chi connectivity index (χ4v) is 4.72. The highest BCUT2D eigenvalue weighted by molar-refractivity contribution is 7.89. The Morgan fingerprint density at radius 3 is 2.45 bits per heavy atom. The summed E-state index contributed by atoms with van der Waals surface area (Å²) in [4.78, 5) is 24.4. The molecule has 0 spiro atoms. The molecule has 0 aliphatic carbocycles. The van der Waals surface area contributed by atoms with E-state index >= 15 is 0 Å². The molecule has 11 heteroatoms. The van der Waals surface area contributed by atoms with Crippen LogP contribution in [0.15, 0.2) is 47.4 Å². The molecule has 178 valence electrons. The van der Waals surface area contributed by atoms with Gasteiger partial charge in [-0.1, -0.05) is 11.6 Å². The summed E-state index contributed by atoms with van der Waals surface area (Å²) in [5.74, 6) is -0.783. The molecule has 9 nitrogen and oxygen atoms in total. The first-order valence-corrected chi connectivity index (χ1v) is 12.1. The number of nitrogens with zero attached hydrogens (tertiary/aromatic N) is 1. The van der Waals surface area contributed by atoms with Gasteiger partial charge in [0.2, 0.25) is 10.0 Å². The van der Waals surface area contributed by atoms with Crippen LogP contribution in [-0.2, 0) is 29.1 Å². The number of hydrogen-bond acceptors (Lipinski definition) is 7. The average molecular weight is 497 g/mol. The molecule has 2 aromatic carbocycles. The van der Waals surface area contributed by atoms with Gasteiger partial charge in [0, 0.05) is 23.8 Å². The maximum atomic E-state index is 12.6. The first-order valence-electron chi connectivity index (χ1n) is 10.2. The fourth-order valence-electron chi connectivity index (χ4n) is 3.08. The minimum absolute atomic E-state index is 0.122. The number of sulfonamides is 1. The van der Waals surface area contributed by atoms with Crippen molar-refractivity contribution in [2.75, 3.05) is 38.2 Å². The van der Waals surface area contributed by atoms with E-state index in [0.29, 0.717) is 42.8 Å². The molecule has 1 aliphatic rings. The molecule has 1 amide bonds. The maximum Gasteiger partial charge on any atom is 0.347 e. The molecule has 1 atom stereocenters. The third kappa shape index (κ3) is 6.67. The Hall–Kier alpha value is -2.66. The molecule has 0 aromatic heterocycles. The first kappa shape index (κ1) is 25.0. The molecule has 1 unspecified atom stereocenters. The lowest BCUT2D eigenvalue weighted by Crippen LogP contribution is -2.40. The van der Waals surface area contributed by atoms with Crippen molar-refractivity contribution >= 4 is 39.2 Å². The molecule has 1 saturated heterocycles. The van der Waals surface area contributed by atoms with Crippen molar-refractivity contribution in [2.24, 2.45) is 0 Å². The quantitative estimate of drug-likeness (QED) is 0.559. The van der Waals surface area contributed by atoms with E-state index in [1.54, 1.807) is 25.1 Å². The fraction of sp³-hybridized carbons (Fsp3) is 0.364. The number of carbonyl (C=O) groups excluding carboxylic acids is 2. The molecule has 33 heavy (non-hydrogen) atoms. The minimum Gasteiger partial charge on any atom is -0.479 e. The standard InChI is InChI=1S/C22H25ClN2O7S/c1-15-13-17(23)3-8-20(15)32-16(2)22(27)31-14-21(26)24-18-4-6-19(7-5-18)33(28,29)25-9-11-30-12-10-25/h3-8,13,16H,9-12,14H2,1-2H3,(H,24,26). The maximum absolute atomic E-state index is 12.6. The van der Waals surface area contributed by atoms with Gasteiger partial charge in [0.1, 0.15) is 5.75 Å². The molecule has 1 heterocycles. The van der Waals surface area contributed by atoms with Gasteiger partial charge in [0.15, 0.2) is 12.7 Å². The summed E-state index contributed by atoms with van der Waals surface area (Å²) in [6.45, 7) is 4.11. The third-order valence-corrected chi connectivity index (χ3v) is 7.01. The second-order valence-electron chi connectivity index (χ2n) is 7.37. The van der Waals surface area contributed by atoms with Crippen molar-refractivity contribution in [1.29, 1.82) is 0 Å².